The second kappa shape index (κ2) is 20.6. The Morgan fingerprint density at radius 2 is 1.07 bits per heavy atom. The third-order valence-corrected chi connectivity index (χ3v) is 11.6. The number of carboxylic acid groups (broad SMARTS) is 1. The zero-order chi connectivity index (χ0) is 42.6. The number of esters is 1. The molecule has 306 valence electrons. The number of hydrogen-bond acceptors (Lipinski definition) is 9. The van der Waals surface area contributed by atoms with Gasteiger partial charge in [-0.15, -0.1) is 22.7 Å². The van der Waals surface area contributed by atoms with Crippen LogP contribution in [0, 0.1) is 27.7 Å². The Bertz CT molecular complexity index is 2430. The summed E-state index contributed by atoms with van der Waals surface area (Å²) < 4.78 is 4.75. The van der Waals surface area contributed by atoms with Crippen molar-refractivity contribution < 1.29 is 19.4 Å². The highest BCUT2D eigenvalue weighted by Gasteiger charge is 2.13. The largest absolute Gasteiger partial charge is 0.478 e. The van der Waals surface area contributed by atoms with E-state index in [0.29, 0.717) is 5.56 Å². The lowest BCUT2D eigenvalue weighted by atomic mass is 10.0. The lowest BCUT2D eigenvalue weighted by Crippen LogP contribution is -2.14. The SMILES string of the molecule is CCN(C)C=Nc1cc(C)c(Cc2nc(-c3ccc(C(=O)O)cc3)cs2)cc1C.CCN(C)C=Nc1cc(C)c(Cc2nc(-c3ccc(C(=O)OC)cc3)cs2)cc1C. The number of methoxy groups -OCH3 is 1. The molecule has 0 fully saturated rings. The number of nitrogens with zero attached hydrogens (tertiary/aromatic N) is 6. The Morgan fingerprint density at radius 1 is 0.661 bits per heavy atom. The molecule has 1 N–H and O–H groups in total. The molecular weight excluding hydrogens is 777 g/mol. The summed E-state index contributed by atoms with van der Waals surface area (Å²) in [7, 11) is 5.41. The van der Waals surface area contributed by atoms with Crippen LogP contribution in [-0.2, 0) is 17.6 Å². The van der Waals surface area contributed by atoms with Crippen LogP contribution < -0.4 is 0 Å². The van der Waals surface area contributed by atoms with Gasteiger partial charge in [0.25, 0.3) is 0 Å². The standard InChI is InChI=1S/C24H27N3O2S.C23H25N3O2S/c1-6-27(4)15-25-21-12-16(2)20(11-17(21)3)13-23-26-22(14-30-23)18-7-9-19(10-8-18)24(28)29-5;1-5-26(4)14-24-20-11-15(2)19(10-16(20)3)12-22-25-21(13-29-22)17-6-8-18(9-7-17)23(27)28/h7-12,14-15H,6,13H2,1-5H3;6-11,13-14H,5,12H2,1-4H3,(H,27,28). The highest BCUT2D eigenvalue weighted by molar-refractivity contribution is 7.10. The van der Waals surface area contributed by atoms with E-state index in [4.69, 9.17) is 19.8 Å². The molecule has 0 saturated heterocycles. The Labute approximate surface area is 355 Å². The van der Waals surface area contributed by atoms with Crippen molar-refractivity contribution in [2.45, 2.75) is 54.4 Å². The minimum absolute atomic E-state index is 0.281. The molecule has 0 aliphatic heterocycles. The third-order valence-electron chi connectivity index (χ3n) is 9.91. The summed E-state index contributed by atoms with van der Waals surface area (Å²) in [5.74, 6) is -1.25. The molecule has 2 heterocycles. The second-order valence-electron chi connectivity index (χ2n) is 14.3. The van der Waals surface area contributed by atoms with Crippen molar-refractivity contribution in [2.24, 2.45) is 9.98 Å². The first-order valence-electron chi connectivity index (χ1n) is 19.4. The van der Waals surface area contributed by atoms with Crippen LogP contribution >= 0.6 is 22.7 Å². The second-order valence-corrected chi connectivity index (χ2v) is 16.2. The average molecular weight is 829 g/mol. The van der Waals surface area contributed by atoms with Crippen molar-refractivity contribution in [3.8, 4) is 22.5 Å². The van der Waals surface area contributed by atoms with Crippen molar-refractivity contribution in [1.82, 2.24) is 19.8 Å². The first kappa shape index (κ1) is 44.1. The van der Waals surface area contributed by atoms with E-state index in [0.717, 1.165) is 81.0 Å². The fraction of sp³-hybridized carbons (Fsp3) is 0.277. The van der Waals surface area contributed by atoms with Crippen LogP contribution in [0.3, 0.4) is 0 Å². The van der Waals surface area contributed by atoms with Gasteiger partial charge in [0.2, 0.25) is 0 Å². The number of thiazole rings is 2. The number of aromatic carboxylic acids is 1. The van der Waals surface area contributed by atoms with E-state index in [2.05, 4.69) is 86.1 Å². The van der Waals surface area contributed by atoms with Crippen LogP contribution in [0.2, 0.25) is 0 Å². The minimum atomic E-state index is -0.921. The summed E-state index contributed by atoms with van der Waals surface area (Å²) in [6.45, 7) is 14.5. The zero-order valence-electron chi connectivity index (χ0n) is 35.2. The van der Waals surface area contributed by atoms with E-state index in [9.17, 15) is 9.59 Å². The molecule has 0 unspecified atom stereocenters. The number of carbonyl (C=O) groups excluding carboxylic acids is 1. The van der Waals surface area contributed by atoms with E-state index in [1.807, 2.05) is 49.2 Å². The van der Waals surface area contributed by atoms with E-state index in [1.165, 1.54) is 29.4 Å². The van der Waals surface area contributed by atoms with Crippen molar-refractivity contribution in [1.29, 1.82) is 0 Å². The molecule has 0 radical (unpaired) electrons. The van der Waals surface area contributed by atoms with Gasteiger partial charge in [0.15, 0.2) is 0 Å². The van der Waals surface area contributed by atoms with Crippen molar-refractivity contribution in [3.63, 3.8) is 0 Å². The van der Waals surface area contributed by atoms with Crippen LogP contribution in [0.15, 0.2) is 93.5 Å². The van der Waals surface area contributed by atoms with Crippen LogP contribution in [0.25, 0.3) is 22.5 Å². The molecule has 0 aliphatic rings. The van der Waals surface area contributed by atoms with Gasteiger partial charge >= 0.3 is 11.9 Å². The maximum Gasteiger partial charge on any atom is 0.337 e. The third kappa shape index (κ3) is 12.0. The summed E-state index contributed by atoms with van der Waals surface area (Å²) in [5, 5.41) is 15.2. The lowest BCUT2D eigenvalue weighted by Gasteiger charge is -2.11. The molecule has 2 aromatic heterocycles. The van der Waals surface area contributed by atoms with Crippen LogP contribution in [0.5, 0.6) is 0 Å². The number of aromatic nitrogens is 2. The molecule has 0 amide bonds. The summed E-state index contributed by atoms with van der Waals surface area (Å²) in [4.78, 5) is 45.5. The quantitative estimate of drug-likeness (QED) is 0.0655. The van der Waals surface area contributed by atoms with Crippen molar-refractivity contribution in [2.75, 3.05) is 34.3 Å². The Kier molecular flexibility index (Phi) is 15.4. The zero-order valence-corrected chi connectivity index (χ0v) is 36.9. The number of ether oxygens (including phenoxy) is 1. The van der Waals surface area contributed by atoms with Crippen molar-refractivity contribution >= 4 is 58.7 Å². The van der Waals surface area contributed by atoms with Gasteiger partial charge in [-0.1, -0.05) is 36.4 Å². The monoisotopic (exact) mass is 828 g/mol. The number of aliphatic imine (C=N–C) groups is 2. The maximum atomic E-state index is 11.6. The van der Waals surface area contributed by atoms with Gasteiger partial charge in [-0.2, -0.15) is 0 Å². The number of hydrogen-bond donors (Lipinski definition) is 1. The summed E-state index contributed by atoms with van der Waals surface area (Å²) >= 11 is 3.27. The van der Waals surface area contributed by atoms with E-state index in [1.54, 1.807) is 59.1 Å². The molecule has 0 bridgehead atoms. The smallest absolute Gasteiger partial charge is 0.337 e. The van der Waals surface area contributed by atoms with Crippen LogP contribution in [0.1, 0.15) is 78.0 Å². The predicted octanol–water partition coefficient (Wildman–Crippen LogP) is 10.7. The normalized spacial score (nSPS) is 11.1. The Hall–Kier alpha value is -5.98. The Morgan fingerprint density at radius 3 is 1.44 bits per heavy atom. The Balaban J connectivity index is 0.000000224. The van der Waals surface area contributed by atoms with Gasteiger partial charge in [0, 0.05) is 61.9 Å². The summed E-state index contributed by atoms with van der Waals surface area (Å²) in [5.41, 5.74) is 13.7. The lowest BCUT2D eigenvalue weighted by molar-refractivity contribution is 0.0599. The number of benzene rings is 4. The molecule has 12 heteroatoms. The molecule has 10 nitrogen and oxygen atoms in total. The minimum Gasteiger partial charge on any atom is -0.478 e. The topological polar surface area (TPSA) is 121 Å². The molecule has 0 atom stereocenters. The molecule has 59 heavy (non-hydrogen) atoms. The molecule has 0 aliphatic carbocycles. The average Bonchev–Trinajstić information content (AvgIpc) is 3.92. The summed E-state index contributed by atoms with van der Waals surface area (Å²) in [6.07, 6.45) is 5.30. The fourth-order valence-corrected chi connectivity index (χ4v) is 7.57. The van der Waals surface area contributed by atoms with Crippen LogP contribution in [-0.4, -0.2) is 83.8 Å². The van der Waals surface area contributed by atoms with E-state index in [-0.39, 0.29) is 11.5 Å². The van der Waals surface area contributed by atoms with Gasteiger partial charge in [-0.25, -0.2) is 29.5 Å². The molecule has 6 rings (SSSR count). The van der Waals surface area contributed by atoms with Crippen LogP contribution in [0.4, 0.5) is 11.4 Å². The van der Waals surface area contributed by atoms with Gasteiger partial charge in [0.05, 0.1) is 63.7 Å². The molecular formula is C47H52N6O4S2. The van der Waals surface area contributed by atoms with Gasteiger partial charge in [-0.05, 0) is 111 Å². The van der Waals surface area contributed by atoms with E-state index >= 15 is 0 Å². The highest BCUT2D eigenvalue weighted by Crippen LogP contribution is 2.30. The molecule has 0 saturated carbocycles. The predicted molar refractivity (Wildman–Crippen MR) is 244 cm³/mol. The first-order chi connectivity index (χ1) is 28.3. The van der Waals surface area contributed by atoms with Crippen molar-refractivity contribution in [3.05, 3.63) is 138 Å². The molecule has 0 spiro atoms. The number of aryl methyl sites for hydroxylation is 4. The van der Waals surface area contributed by atoms with Gasteiger partial charge in [-0.3, -0.25) is 0 Å². The number of carbonyl (C=O) groups is 2. The van der Waals surface area contributed by atoms with Gasteiger partial charge < -0.3 is 19.6 Å². The molecule has 6 aromatic rings. The summed E-state index contributed by atoms with van der Waals surface area (Å²) in [6, 6.07) is 22.8. The molecule has 4 aromatic carbocycles. The fourth-order valence-electron chi connectivity index (χ4n) is 5.92. The van der Waals surface area contributed by atoms with Gasteiger partial charge in [0.1, 0.15) is 0 Å². The highest BCUT2D eigenvalue weighted by atomic mass is 32.1. The number of rotatable bonds is 14. The first-order valence-corrected chi connectivity index (χ1v) is 21.1. The number of carboxylic acids is 1. The van der Waals surface area contributed by atoms with E-state index < -0.39 is 5.97 Å². The maximum absolute atomic E-state index is 11.6.